The molecule has 0 bridgehead atoms. The van der Waals surface area contributed by atoms with Gasteiger partial charge in [-0.1, -0.05) is 41.0 Å². The van der Waals surface area contributed by atoms with Crippen molar-refractivity contribution >= 4 is 22.6 Å². The molecule has 1 heterocycles. The molecule has 0 atom stereocenters. The van der Waals surface area contributed by atoms with E-state index in [9.17, 15) is 5.11 Å². The Balaban J connectivity index is 2.33. The van der Waals surface area contributed by atoms with Gasteiger partial charge in [0.05, 0.1) is 10.4 Å². The Labute approximate surface area is 102 Å². The average molecular weight is 246 g/mol. The molecule has 3 rings (SSSR count). The van der Waals surface area contributed by atoms with Crippen LogP contribution < -0.4 is 0 Å². The summed E-state index contributed by atoms with van der Waals surface area (Å²) in [5.41, 5.74) is 1.81. The van der Waals surface area contributed by atoms with Gasteiger partial charge in [0.15, 0.2) is 5.75 Å². The van der Waals surface area contributed by atoms with Crippen molar-refractivity contribution < 1.29 is 9.63 Å². The fraction of sp³-hybridized carbons (Fsp3) is 0. The van der Waals surface area contributed by atoms with E-state index in [0.29, 0.717) is 16.3 Å². The summed E-state index contributed by atoms with van der Waals surface area (Å²) in [6.45, 7) is 0. The molecule has 0 aliphatic heterocycles. The molecule has 0 saturated carbocycles. The Morgan fingerprint density at radius 3 is 2.71 bits per heavy atom. The molecule has 84 valence electrons. The van der Waals surface area contributed by atoms with Crippen molar-refractivity contribution in [3.63, 3.8) is 0 Å². The van der Waals surface area contributed by atoms with Crippen LogP contribution in [0.15, 0.2) is 47.0 Å². The van der Waals surface area contributed by atoms with E-state index in [0.717, 1.165) is 10.9 Å². The molecule has 0 amide bonds. The zero-order valence-electron chi connectivity index (χ0n) is 8.72. The fourth-order valence-corrected chi connectivity index (χ4v) is 2.02. The number of benzene rings is 2. The molecule has 0 aliphatic carbocycles. The summed E-state index contributed by atoms with van der Waals surface area (Å²) in [7, 11) is 0. The summed E-state index contributed by atoms with van der Waals surface area (Å²) < 4.78 is 5.13. The number of halogens is 1. The first kappa shape index (κ1) is 10.2. The average Bonchev–Trinajstić information content (AvgIpc) is 2.75. The van der Waals surface area contributed by atoms with E-state index in [1.165, 1.54) is 0 Å². The molecule has 0 fully saturated rings. The lowest BCUT2D eigenvalue weighted by molar-refractivity contribution is 0.424. The van der Waals surface area contributed by atoms with E-state index < -0.39 is 0 Å². The van der Waals surface area contributed by atoms with Crippen molar-refractivity contribution in [1.82, 2.24) is 5.16 Å². The van der Waals surface area contributed by atoms with Crippen molar-refractivity contribution in [3.05, 3.63) is 47.5 Å². The number of aromatic nitrogens is 1. The molecular weight excluding hydrogens is 238 g/mol. The normalized spacial score (nSPS) is 10.9. The number of fused-ring (bicyclic) bond motifs is 1. The van der Waals surface area contributed by atoms with Crippen molar-refractivity contribution in [2.45, 2.75) is 0 Å². The minimum atomic E-state index is 0.0771. The Bertz CT molecular complexity index is 691. The number of hydrogen-bond donors (Lipinski definition) is 1. The fourth-order valence-electron chi connectivity index (χ4n) is 1.80. The molecule has 1 aromatic heterocycles. The number of aromatic hydroxyl groups is 1. The van der Waals surface area contributed by atoms with Crippen LogP contribution in [0.1, 0.15) is 0 Å². The first-order valence-electron chi connectivity index (χ1n) is 5.09. The van der Waals surface area contributed by atoms with Crippen LogP contribution in [0.5, 0.6) is 5.75 Å². The molecule has 3 aromatic rings. The topological polar surface area (TPSA) is 46.3 Å². The molecule has 0 radical (unpaired) electrons. The van der Waals surface area contributed by atoms with E-state index in [1.54, 1.807) is 18.2 Å². The number of phenols is 1. The standard InChI is InChI=1S/C13H8ClNO2/c14-10-6-2-1-4-8(10)12-9-5-3-7-11(16)13(9)17-15-12/h1-7,16H. The molecule has 0 spiro atoms. The van der Waals surface area contributed by atoms with Crippen molar-refractivity contribution in [2.24, 2.45) is 0 Å². The van der Waals surface area contributed by atoms with Crippen molar-refractivity contribution in [1.29, 1.82) is 0 Å². The predicted molar refractivity (Wildman–Crippen MR) is 66.1 cm³/mol. The smallest absolute Gasteiger partial charge is 0.209 e. The number of hydrogen-bond acceptors (Lipinski definition) is 3. The quantitative estimate of drug-likeness (QED) is 0.708. The van der Waals surface area contributed by atoms with Gasteiger partial charge in [0.2, 0.25) is 5.58 Å². The van der Waals surface area contributed by atoms with Crippen molar-refractivity contribution in [2.75, 3.05) is 0 Å². The lowest BCUT2D eigenvalue weighted by atomic mass is 10.1. The van der Waals surface area contributed by atoms with Gasteiger partial charge in [0.25, 0.3) is 0 Å². The number of para-hydroxylation sites is 1. The summed E-state index contributed by atoms with van der Waals surface area (Å²) in [5.74, 6) is 0.0771. The highest BCUT2D eigenvalue weighted by Gasteiger charge is 2.14. The molecule has 0 unspecified atom stereocenters. The minimum absolute atomic E-state index is 0.0771. The summed E-state index contributed by atoms with van der Waals surface area (Å²) >= 11 is 6.11. The number of phenolic OH excluding ortho intramolecular Hbond substituents is 1. The van der Waals surface area contributed by atoms with Gasteiger partial charge in [0.1, 0.15) is 5.69 Å². The largest absolute Gasteiger partial charge is 0.504 e. The number of nitrogens with zero attached hydrogens (tertiary/aromatic N) is 1. The monoisotopic (exact) mass is 245 g/mol. The zero-order chi connectivity index (χ0) is 11.8. The van der Waals surface area contributed by atoms with E-state index >= 15 is 0 Å². The summed E-state index contributed by atoms with van der Waals surface area (Å²) in [4.78, 5) is 0. The van der Waals surface area contributed by atoms with E-state index in [4.69, 9.17) is 16.1 Å². The highest BCUT2D eigenvalue weighted by Crippen LogP contribution is 2.35. The van der Waals surface area contributed by atoms with Crippen LogP contribution in [0, 0.1) is 0 Å². The maximum absolute atomic E-state index is 9.63. The third kappa shape index (κ3) is 1.56. The van der Waals surface area contributed by atoms with Gasteiger partial charge in [-0.2, -0.15) is 0 Å². The Hall–Kier alpha value is -2.00. The maximum atomic E-state index is 9.63. The molecule has 0 saturated heterocycles. The molecular formula is C13H8ClNO2. The Morgan fingerprint density at radius 2 is 1.88 bits per heavy atom. The van der Waals surface area contributed by atoms with Gasteiger partial charge < -0.3 is 9.63 Å². The van der Waals surface area contributed by atoms with Crippen LogP contribution in [-0.4, -0.2) is 10.3 Å². The van der Waals surface area contributed by atoms with Gasteiger partial charge in [0, 0.05) is 5.56 Å². The van der Waals surface area contributed by atoms with Crippen LogP contribution in [0.3, 0.4) is 0 Å². The molecule has 1 N–H and O–H groups in total. The van der Waals surface area contributed by atoms with E-state index in [1.807, 2.05) is 24.3 Å². The minimum Gasteiger partial charge on any atom is -0.504 e. The molecule has 0 aliphatic rings. The second kappa shape index (κ2) is 3.79. The third-order valence-corrected chi connectivity index (χ3v) is 2.94. The SMILES string of the molecule is Oc1cccc2c(-c3ccccc3Cl)noc12. The predicted octanol–water partition coefficient (Wildman–Crippen LogP) is 3.85. The highest BCUT2D eigenvalue weighted by molar-refractivity contribution is 6.33. The second-order valence-corrected chi connectivity index (χ2v) is 4.07. The van der Waals surface area contributed by atoms with Gasteiger partial charge in [-0.25, -0.2) is 0 Å². The lowest BCUT2D eigenvalue weighted by Gasteiger charge is -1.99. The molecule has 2 aromatic carbocycles. The molecule has 17 heavy (non-hydrogen) atoms. The number of rotatable bonds is 1. The van der Waals surface area contributed by atoms with E-state index in [2.05, 4.69) is 5.16 Å². The van der Waals surface area contributed by atoms with Crippen molar-refractivity contribution in [3.8, 4) is 17.0 Å². The zero-order valence-corrected chi connectivity index (χ0v) is 9.48. The van der Waals surface area contributed by atoms with Crippen LogP contribution in [0.25, 0.3) is 22.2 Å². The van der Waals surface area contributed by atoms with Crippen LogP contribution in [0.2, 0.25) is 5.02 Å². The van der Waals surface area contributed by atoms with Crippen LogP contribution in [0.4, 0.5) is 0 Å². The first-order chi connectivity index (χ1) is 8.27. The highest BCUT2D eigenvalue weighted by atomic mass is 35.5. The second-order valence-electron chi connectivity index (χ2n) is 3.66. The summed E-state index contributed by atoms with van der Waals surface area (Å²) in [5, 5.41) is 15.0. The summed E-state index contributed by atoms with van der Waals surface area (Å²) in [6.07, 6.45) is 0. The Morgan fingerprint density at radius 1 is 1.06 bits per heavy atom. The first-order valence-corrected chi connectivity index (χ1v) is 5.47. The maximum Gasteiger partial charge on any atom is 0.209 e. The molecule has 4 heteroatoms. The van der Waals surface area contributed by atoms with E-state index in [-0.39, 0.29) is 5.75 Å². The van der Waals surface area contributed by atoms with Crippen LogP contribution in [-0.2, 0) is 0 Å². The third-order valence-electron chi connectivity index (χ3n) is 2.61. The van der Waals surface area contributed by atoms with Gasteiger partial charge in [-0.3, -0.25) is 0 Å². The lowest BCUT2D eigenvalue weighted by Crippen LogP contribution is -1.79. The summed E-state index contributed by atoms with van der Waals surface area (Å²) in [6, 6.07) is 12.5. The van der Waals surface area contributed by atoms with Gasteiger partial charge in [-0.05, 0) is 18.2 Å². The van der Waals surface area contributed by atoms with Gasteiger partial charge in [-0.15, -0.1) is 0 Å². The Kier molecular flexibility index (Phi) is 2.27. The van der Waals surface area contributed by atoms with Crippen LogP contribution >= 0.6 is 11.6 Å². The van der Waals surface area contributed by atoms with Gasteiger partial charge >= 0.3 is 0 Å². The molecule has 3 nitrogen and oxygen atoms in total.